The minimum Gasteiger partial charge on any atom is -0.497 e. The van der Waals surface area contributed by atoms with E-state index in [0.717, 1.165) is 11.1 Å². The Bertz CT molecular complexity index is 655. The lowest BCUT2D eigenvalue weighted by Crippen LogP contribution is -2.03. The highest BCUT2D eigenvalue weighted by Gasteiger charge is 2.13. The van der Waals surface area contributed by atoms with Crippen LogP contribution in [0.1, 0.15) is 11.1 Å². The van der Waals surface area contributed by atoms with Gasteiger partial charge in [-0.25, -0.2) is 0 Å². The van der Waals surface area contributed by atoms with Crippen molar-refractivity contribution < 1.29 is 23.2 Å². The van der Waals surface area contributed by atoms with Crippen molar-refractivity contribution in [2.75, 3.05) is 28.4 Å². The Kier molecular flexibility index (Phi) is 6.49. The molecule has 130 valence electrons. The SMILES string of the molecule is COc1ccc(CS(=O)Cc2ccc(OC)cc2OC)c(OC)c1. The van der Waals surface area contributed by atoms with Gasteiger partial charge < -0.3 is 18.9 Å². The zero-order valence-electron chi connectivity index (χ0n) is 14.3. The largest absolute Gasteiger partial charge is 0.497 e. The van der Waals surface area contributed by atoms with Gasteiger partial charge in [0.15, 0.2) is 0 Å². The number of methoxy groups -OCH3 is 4. The molecule has 0 fully saturated rings. The Labute approximate surface area is 145 Å². The highest BCUT2D eigenvalue weighted by atomic mass is 32.2. The summed E-state index contributed by atoms with van der Waals surface area (Å²) >= 11 is 0. The Morgan fingerprint density at radius 3 is 1.46 bits per heavy atom. The molecule has 2 aromatic carbocycles. The summed E-state index contributed by atoms with van der Waals surface area (Å²) in [5, 5.41) is 0. The van der Waals surface area contributed by atoms with Crippen molar-refractivity contribution in [1.82, 2.24) is 0 Å². The van der Waals surface area contributed by atoms with Gasteiger partial charge in [-0.15, -0.1) is 0 Å². The molecule has 0 amide bonds. The van der Waals surface area contributed by atoms with E-state index in [1.807, 2.05) is 24.3 Å². The van der Waals surface area contributed by atoms with Crippen LogP contribution in [0.5, 0.6) is 23.0 Å². The van der Waals surface area contributed by atoms with E-state index in [-0.39, 0.29) is 0 Å². The van der Waals surface area contributed by atoms with Crippen LogP contribution in [0.25, 0.3) is 0 Å². The number of hydrogen-bond donors (Lipinski definition) is 0. The highest BCUT2D eigenvalue weighted by Crippen LogP contribution is 2.28. The third kappa shape index (κ3) is 4.41. The molecule has 5 nitrogen and oxygen atoms in total. The van der Waals surface area contributed by atoms with E-state index in [1.165, 1.54) is 0 Å². The van der Waals surface area contributed by atoms with E-state index in [9.17, 15) is 4.21 Å². The van der Waals surface area contributed by atoms with Crippen molar-refractivity contribution >= 4 is 10.8 Å². The first-order chi connectivity index (χ1) is 11.6. The van der Waals surface area contributed by atoms with Crippen LogP contribution in [0.4, 0.5) is 0 Å². The highest BCUT2D eigenvalue weighted by molar-refractivity contribution is 7.83. The third-order valence-corrected chi connectivity index (χ3v) is 4.89. The fourth-order valence-electron chi connectivity index (χ4n) is 2.34. The Morgan fingerprint density at radius 1 is 0.708 bits per heavy atom. The van der Waals surface area contributed by atoms with E-state index in [2.05, 4.69) is 0 Å². The monoisotopic (exact) mass is 350 g/mol. The van der Waals surface area contributed by atoms with E-state index < -0.39 is 10.8 Å². The summed E-state index contributed by atoms with van der Waals surface area (Å²) < 4.78 is 33.6. The van der Waals surface area contributed by atoms with Gasteiger partial charge in [0.2, 0.25) is 0 Å². The Hall–Kier alpha value is -2.21. The Balaban J connectivity index is 2.14. The predicted molar refractivity (Wildman–Crippen MR) is 94.6 cm³/mol. The van der Waals surface area contributed by atoms with Crippen LogP contribution in [0.3, 0.4) is 0 Å². The minimum atomic E-state index is -1.10. The van der Waals surface area contributed by atoms with Crippen LogP contribution in [0.2, 0.25) is 0 Å². The molecule has 0 unspecified atom stereocenters. The number of benzene rings is 2. The molecular formula is C18H22O5S. The second-order valence-electron chi connectivity index (χ2n) is 5.08. The first-order valence-corrected chi connectivity index (χ1v) is 8.86. The standard InChI is InChI=1S/C18H22O5S/c1-20-15-7-5-13(17(9-15)22-3)11-24(19)12-14-6-8-16(21-2)10-18(14)23-4/h5-10H,11-12H2,1-4H3. The summed E-state index contributed by atoms with van der Waals surface area (Å²) in [4.78, 5) is 0. The molecule has 0 saturated heterocycles. The first-order valence-electron chi connectivity index (χ1n) is 7.38. The molecule has 0 heterocycles. The molecule has 0 radical (unpaired) electrons. The van der Waals surface area contributed by atoms with Gasteiger partial charge in [-0.05, 0) is 12.1 Å². The number of rotatable bonds is 8. The van der Waals surface area contributed by atoms with Gasteiger partial charge in [-0.3, -0.25) is 4.21 Å². The average Bonchev–Trinajstić information content (AvgIpc) is 2.62. The van der Waals surface area contributed by atoms with Crippen LogP contribution in [0.15, 0.2) is 36.4 Å². The van der Waals surface area contributed by atoms with Crippen molar-refractivity contribution in [2.24, 2.45) is 0 Å². The maximum atomic E-state index is 12.6. The first kappa shape index (κ1) is 18.1. The predicted octanol–water partition coefficient (Wildman–Crippen LogP) is 3.17. The van der Waals surface area contributed by atoms with Gasteiger partial charge >= 0.3 is 0 Å². The van der Waals surface area contributed by atoms with Crippen molar-refractivity contribution in [3.8, 4) is 23.0 Å². The van der Waals surface area contributed by atoms with Crippen molar-refractivity contribution in [3.63, 3.8) is 0 Å². The van der Waals surface area contributed by atoms with Crippen LogP contribution >= 0.6 is 0 Å². The van der Waals surface area contributed by atoms with Crippen molar-refractivity contribution in [2.45, 2.75) is 11.5 Å². The molecule has 2 rings (SSSR count). The normalized spacial score (nSPS) is 10.5. The summed E-state index contributed by atoms with van der Waals surface area (Å²) in [5.74, 6) is 3.54. The molecule has 0 spiro atoms. The van der Waals surface area contributed by atoms with Crippen LogP contribution < -0.4 is 18.9 Å². The van der Waals surface area contributed by atoms with E-state index in [0.29, 0.717) is 34.5 Å². The molecular weight excluding hydrogens is 328 g/mol. The van der Waals surface area contributed by atoms with Gasteiger partial charge in [0.1, 0.15) is 23.0 Å². The molecule has 2 aromatic rings. The Morgan fingerprint density at radius 2 is 1.12 bits per heavy atom. The summed E-state index contributed by atoms with van der Waals surface area (Å²) in [5.41, 5.74) is 1.76. The summed E-state index contributed by atoms with van der Waals surface area (Å²) in [6, 6.07) is 11.0. The van der Waals surface area contributed by atoms with Gasteiger partial charge in [-0.2, -0.15) is 0 Å². The maximum absolute atomic E-state index is 12.6. The molecule has 0 aliphatic rings. The molecule has 6 heteroatoms. The molecule has 24 heavy (non-hydrogen) atoms. The molecule has 0 saturated carbocycles. The molecule has 0 aromatic heterocycles. The molecule has 0 atom stereocenters. The number of hydrogen-bond acceptors (Lipinski definition) is 5. The summed E-state index contributed by atoms with van der Waals surface area (Å²) in [7, 11) is 5.28. The van der Waals surface area contributed by atoms with Gasteiger partial charge in [0, 0.05) is 34.1 Å². The lowest BCUT2D eigenvalue weighted by atomic mass is 10.2. The second-order valence-corrected chi connectivity index (χ2v) is 6.54. The van der Waals surface area contributed by atoms with Gasteiger partial charge in [0.05, 0.1) is 39.9 Å². The molecule has 0 aliphatic carbocycles. The van der Waals surface area contributed by atoms with Crippen LogP contribution in [0, 0.1) is 0 Å². The summed E-state index contributed by atoms with van der Waals surface area (Å²) in [6.07, 6.45) is 0. The lowest BCUT2D eigenvalue weighted by Gasteiger charge is -2.12. The average molecular weight is 350 g/mol. The van der Waals surface area contributed by atoms with Crippen molar-refractivity contribution in [1.29, 1.82) is 0 Å². The van der Waals surface area contributed by atoms with Crippen LogP contribution in [-0.4, -0.2) is 32.6 Å². The molecule has 0 bridgehead atoms. The van der Waals surface area contributed by atoms with E-state index in [4.69, 9.17) is 18.9 Å². The number of ether oxygens (including phenoxy) is 4. The topological polar surface area (TPSA) is 54.0 Å². The smallest absolute Gasteiger partial charge is 0.126 e. The minimum absolute atomic E-state index is 0.391. The fraction of sp³-hybridized carbons (Fsp3) is 0.333. The maximum Gasteiger partial charge on any atom is 0.126 e. The lowest BCUT2D eigenvalue weighted by molar-refractivity contribution is 0.392. The van der Waals surface area contributed by atoms with Crippen LogP contribution in [-0.2, 0) is 22.3 Å². The third-order valence-electron chi connectivity index (χ3n) is 3.62. The zero-order chi connectivity index (χ0) is 17.5. The van der Waals surface area contributed by atoms with Crippen molar-refractivity contribution in [3.05, 3.63) is 47.5 Å². The van der Waals surface area contributed by atoms with E-state index >= 15 is 0 Å². The molecule has 0 aliphatic heterocycles. The van der Waals surface area contributed by atoms with Gasteiger partial charge in [0.25, 0.3) is 0 Å². The molecule has 0 N–H and O–H groups in total. The fourth-order valence-corrected chi connectivity index (χ4v) is 3.61. The van der Waals surface area contributed by atoms with Gasteiger partial charge in [-0.1, -0.05) is 12.1 Å². The van der Waals surface area contributed by atoms with E-state index in [1.54, 1.807) is 40.6 Å². The quantitative estimate of drug-likeness (QED) is 0.732. The zero-order valence-corrected chi connectivity index (χ0v) is 15.1. The summed E-state index contributed by atoms with van der Waals surface area (Å²) in [6.45, 7) is 0. The second kappa shape index (κ2) is 8.59.